The van der Waals surface area contributed by atoms with Crippen molar-refractivity contribution in [2.45, 2.75) is 57.3 Å². The summed E-state index contributed by atoms with van der Waals surface area (Å²) in [4.78, 5) is 11.6. The highest BCUT2D eigenvalue weighted by Gasteiger charge is 2.35. The van der Waals surface area contributed by atoms with E-state index in [1.807, 2.05) is 6.92 Å². The van der Waals surface area contributed by atoms with Crippen LogP contribution in [0.2, 0.25) is 0 Å². The lowest BCUT2D eigenvalue weighted by Crippen LogP contribution is -2.21. The predicted octanol–water partition coefficient (Wildman–Crippen LogP) is 1.96. The van der Waals surface area contributed by atoms with Gasteiger partial charge in [-0.1, -0.05) is 12.2 Å². The fraction of sp³-hybridized carbons (Fsp3) is 0.688. The van der Waals surface area contributed by atoms with Gasteiger partial charge in [-0.25, -0.2) is 4.79 Å². The van der Waals surface area contributed by atoms with Crippen molar-refractivity contribution in [2.24, 2.45) is 11.8 Å². The van der Waals surface area contributed by atoms with Gasteiger partial charge < -0.3 is 14.9 Å². The molecule has 4 heteroatoms. The first kappa shape index (κ1) is 15.3. The van der Waals surface area contributed by atoms with Gasteiger partial charge in [0.05, 0.1) is 18.3 Å². The smallest absolute Gasteiger partial charge is 0.330 e. The lowest BCUT2D eigenvalue weighted by molar-refractivity contribution is -0.142. The number of aliphatic hydroxyl groups is 2. The Kier molecular flexibility index (Phi) is 5.38. The summed E-state index contributed by atoms with van der Waals surface area (Å²) >= 11 is 0. The molecule has 0 aromatic carbocycles. The van der Waals surface area contributed by atoms with E-state index in [2.05, 4.69) is 12.2 Å². The normalized spacial score (nSPS) is 42.5. The molecule has 0 unspecified atom stereocenters. The summed E-state index contributed by atoms with van der Waals surface area (Å²) in [5.74, 6) is -0.249. The van der Waals surface area contributed by atoms with Gasteiger partial charge in [0.15, 0.2) is 0 Å². The van der Waals surface area contributed by atoms with E-state index in [1.165, 1.54) is 12.2 Å². The topological polar surface area (TPSA) is 66.8 Å². The zero-order chi connectivity index (χ0) is 14.5. The average molecular weight is 280 g/mol. The minimum absolute atomic E-state index is 0.0246. The third-order valence-electron chi connectivity index (χ3n) is 4.19. The molecule has 1 heterocycles. The molecule has 0 amide bonds. The Balaban J connectivity index is 2.11. The van der Waals surface area contributed by atoms with Crippen LogP contribution < -0.4 is 0 Å². The molecule has 20 heavy (non-hydrogen) atoms. The van der Waals surface area contributed by atoms with E-state index in [4.69, 9.17) is 4.74 Å². The second-order valence-corrected chi connectivity index (χ2v) is 5.91. The quantitative estimate of drug-likeness (QED) is 0.526. The summed E-state index contributed by atoms with van der Waals surface area (Å²) in [5, 5.41) is 20.0. The number of carbonyl (C=O) groups excluding carboxylic acids is 1. The Labute approximate surface area is 120 Å². The summed E-state index contributed by atoms with van der Waals surface area (Å²) in [7, 11) is 0. The van der Waals surface area contributed by atoms with Gasteiger partial charge in [-0.05, 0) is 56.9 Å². The van der Waals surface area contributed by atoms with Gasteiger partial charge in [0.2, 0.25) is 0 Å². The molecular formula is C16H24O4. The van der Waals surface area contributed by atoms with Crippen molar-refractivity contribution >= 4 is 5.97 Å². The van der Waals surface area contributed by atoms with E-state index in [9.17, 15) is 15.0 Å². The van der Waals surface area contributed by atoms with Crippen LogP contribution in [0, 0.1) is 11.8 Å². The van der Waals surface area contributed by atoms with Crippen molar-refractivity contribution in [3.8, 4) is 0 Å². The maximum absolute atomic E-state index is 11.6. The fourth-order valence-electron chi connectivity index (χ4n) is 3.10. The number of cyclic esters (lactones) is 1. The highest BCUT2D eigenvalue weighted by molar-refractivity contribution is 5.82. The van der Waals surface area contributed by atoms with Gasteiger partial charge >= 0.3 is 5.97 Å². The van der Waals surface area contributed by atoms with Gasteiger partial charge in [-0.3, -0.25) is 0 Å². The zero-order valence-electron chi connectivity index (χ0n) is 11.9. The number of allylic oxidation sites excluding steroid dienone is 2. The summed E-state index contributed by atoms with van der Waals surface area (Å²) in [5.41, 5.74) is 0. The number of hydrogen-bond acceptors (Lipinski definition) is 4. The molecule has 2 N–H and O–H groups in total. The van der Waals surface area contributed by atoms with Crippen LogP contribution in [0.1, 0.15) is 39.0 Å². The van der Waals surface area contributed by atoms with E-state index in [1.54, 1.807) is 0 Å². The predicted molar refractivity (Wildman–Crippen MR) is 75.9 cm³/mol. The molecule has 112 valence electrons. The van der Waals surface area contributed by atoms with Crippen LogP contribution in [0.15, 0.2) is 24.3 Å². The van der Waals surface area contributed by atoms with Crippen LogP contribution in [0.25, 0.3) is 0 Å². The molecule has 0 spiro atoms. The molecule has 2 aliphatic rings. The summed E-state index contributed by atoms with van der Waals surface area (Å²) in [6, 6.07) is 0. The molecule has 0 aromatic rings. The molecule has 1 aliphatic carbocycles. The van der Waals surface area contributed by atoms with Crippen LogP contribution in [-0.4, -0.2) is 34.5 Å². The summed E-state index contributed by atoms with van der Waals surface area (Å²) in [6.07, 6.45) is 9.87. The maximum Gasteiger partial charge on any atom is 0.330 e. The van der Waals surface area contributed by atoms with E-state index in [0.29, 0.717) is 12.8 Å². The summed E-state index contributed by atoms with van der Waals surface area (Å²) in [6.45, 7) is 1.89. The van der Waals surface area contributed by atoms with Gasteiger partial charge in [-0.15, -0.1) is 0 Å². The van der Waals surface area contributed by atoms with E-state index in [-0.39, 0.29) is 24.0 Å². The van der Waals surface area contributed by atoms with Crippen LogP contribution in [0.3, 0.4) is 0 Å². The third-order valence-corrected chi connectivity index (χ3v) is 4.19. The first-order chi connectivity index (χ1) is 9.56. The SMILES string of the molecule is C[C@H]1CCC/C=C\[C@@H]2C[C@H](O)C[C@@H]2[C@H](O)/C=C/C(=O)O1. The number of esters is 1. The van der Waals surface area contributed by atoms with E-state index >= 15 is 0 Å². The van der Waals surface area contributed by atoms with Crippen molar-refractivity contribution in [1.82, 2.24) is 0 Å². The van der Waals surface area contributed by atoms with Gasteiger partial charge in [0, 0.05) is 6.08 Å². The zero-order valence-corrected chi connectivity index (χ0v) is 11.9. The van der Waals surface area contributed by atoms with Crippen molar-refractivity contribution in [3.63, 3.8) is 0 Å². The highest BCUT2D eigenvalue weighted by atomic mass is 16.5. The second-order valence-electron chi connectivity index (χ2n) is 5.91. The Morgan fingerprint density at radius 3 is 2.85 bits per heavy atom. The first-order valence-electron chi connectivity index (χ1n) is 7.48. The largest absolute Gasteiger partial charge is 0.460 e. The summed E-state index contributed by atoms with van der Waals surface area (Å²) < 4.78 is 5.23. The average Bonchev–Trinajstić information content (AvgIpc) is 2.76. The van der Waals surface area contributed by atoms with Crippen LogP contribution in [0.5, 0.6) is 0 Å². The van der Waals surface area contributed by atoms with Crippen molar-refractivity contribution < 1.29 is 19.7 Å². The molecule has 4 nitrogen and oxygen atoms in total. The Hall–Kier alpha value is -1.13. The highest BCUT2D eigenvalue weighted by Crippen LogP contribution is 2.36. The molecule has 1 aliphatic heterocycles. The standard InChI is InChI=1S/C16H24O4/c1-11-5-3-2-4-6-12-9-13(17)10-14(12)15(18)7-8-16(19)20-11/h4,6-8,11-15,17-18H,2-3,5,9-10H2,1H3/b6-4-,8-7+/t11-,12+,13-,14-,15+/m0/s1. The van der Waals surface area contributed by atoms with E-state index in [0.717, 1.165) is 19.3 Å². The van der Waals surface area contributed by atoms with Crippen molar-refractivity contribution in [1.29, 1.82) is 0 Å². The van der Waals surface area contributed by atoms with E-state index < -0.39 is 12.1 Å². The van der Waals surface area contributed by atoms with Crippen LogP contribution in [0.4, 0.5) is 0 Å². The van der Waals surface area contributed by atoms with Crippen molar-refractivity contribution in [3.05, 3.63) is 24.3 Å². The minimum atomic E-state index is -0.717. The third kappa shape index (κ3) is 4.18. The minimum Gasteiger partial charge on any atom is -0.460 e. The van der Waals surface area contributed by atoms with Crippen molar-refractivity contribution in [2.75, 3.05) is 0 Å². The molecule has 0 bridgehead atoms. The number of ether oxygens (including phenoxy) is 1. The lowest BCUT2D eigenvalue weighted by atomic mass is 9.90. The number of fused-ring (bicyclic) bond motifs is 1. The molecule has 5 atom stereocenters. The number of aliphatic hydroxyl groups excluding tert-OH is 2. The number of hydrogen-bond donors (Lipinski definition) is 2. The molecule has 0 saturated heterocycles. The second kappa shape index (κ2) is 7.04. The monoisotopic (exact) mass is 280 g/mol. The number of rotatable bonds is 0. The molecular weight excluding hydrogens is 256 g/mol. The lowest BCUT2D eigenvalue weighted by Gasteiger charge is -2.19. The van der Waals surface area contributed by atoms with Crippen LogP contribution in [-0.2, 0) is 9.53 Å². The molecule has 0 radical (unpaired) electrons. The first-order valence-corrected chi connectivity index (χ1v) is 7.48. The number of carbonyl (C=O) groups is 1. The maximum atomic E-state index is 11.6. The molecule has 2 rings (SSSR count). The Morgan fingerprint density at radius 1 is 1.25 bits per heavy atom. The fourth-order valence-corrected chi connectivity index (χ4v) is 3.10. The molecule has 0 aromatic heterocycles. The van der Waals surface area contributed by atoms with Crippen LogP contribution >= 0.6 is 0 Å². The Morgan fingerprint density at radius 2 is 2.05 bits per heavy atom. The van der Waals surface area contributed by atoms with Gasteiger partial charge in [-0.2, -0.15) is 0 Å². The molecule has 1 fully saturated rings. The van der Waals surface area contributed by atoms with Gasteiger partial charge in [0.25, 0.3) is 0 Å². The molecule has 1 saturated carbocycles. The van der Waals surface area contributed by atoms with Gasteiger partial charge in [0.1, 0.15) is 0 Å². The Bertz CT molecular complexity index is 388.